The molecule has 0 radical (unpaired) electrons. The van der Waals surface area contributed by atoms with E-state index in [0.29, 0.717) is 5.69 Å². The lowest BCUT2D eigenvalue weighted by Gasteiger charge is -2.22. The summed E-state index contributed by atoms with van der Waals surface area (Å²) in [4.78, 5) is 14.3. The Labute approximate surface area is 127 Å². The zero-order valence-corrected chi connectivity index (χ0v) is 13.8. The van der Waals surface area contributed by atoms with E-state index in [4.69, 9.17) is 5.73 Å². The maximum Gasteiger partial charge on any atom is 0.244 e. The van der Waals surface area contributed by atoms with Gasteiger partial charge in [-0.3, -0.25) is 4.79 Å². The van der Waals surface area contributed by atoms with Crippen LogP contribution >= 0.6 is 0 Å². The van der Waals surface area contributed by atoms with Gasteiger partial charge in [0, 0.05) is 13.1 Å². The fraction of sp³-hybridized carbons (Fsp3) is 0.800. The van der Waals surface area contributed by atoms with E-state index in [1.165, 1.54) is 0 Å². The summed E-state index contributed by atoms with van der Waals surface area (Å²) in [5.74, 6) is 0.100. The van der Waals surface area contributed by atoms with Crippen molar-refractivity contribution in [2.75, 3.05) is 13.1 Å². The summed E-state index contributed by atoms with van der Waals surface area (Å²) in [6, 6.07) is 0. The number of amides is 1. The van der Waals surface area contributed by atoms with E-state index in [1.807, 2.05) is 18.7 Å². The lowest BCUT2D eigenvalue weighted by atomic mass is 10.0. The lowest BCUT2D eigenvalue weighted by Crippen LogP contribution is -2.35. The average Bonchev–Trinajstić information content (AvgIpc) is 2.87. The third-order valence-electron chi connectivity index (χ3n) is 3.41. The van der Waals surface area contributed by atoms with Gasteiger partial charge in [-0.15, -0.1) is 5.10 Å². The highest BCUT2D eigenvalue weighted by atomic mass is 16.2. The molecule has 1 heterocycles. The second kappa shape index (κ2) is 8.12. The molecule has 0 bridgehead atoms. The molecule has 1 rings (SSSR count). The second-order valence-electron chi connectivity index (χ2n) is 6.11. The lowest BCUT2D eigenvalue weighted by molar-refractivity contribution is -0.132. The number of rotatable bonds is 9. The first-order valence-electron chi connectivity index (χ1n) is 7.85. The first-order valence-corrected chi connectivity index (χ1v) is 7.85. The highest BCUT2D eigenvalue weighted by Gasteiger charge is 2.20. The van der Waals surface area contributed by atoms with E-state index in [0.717, 1.165) is 38.8 Å². The van der Waals surface area contributed by atoms with Crippen LogP contribution in [0.5, 0.6) is 0 Å². The number of carbonyl (C=O) groups is 1. The van der Waals surface area contributed by atoms with Crippen LogP contribution in [0.3, 0.4) is 0 Å². The summed E-state index contributed by atoms with van der Waals surface area (Å²) >= 11 is 0. The molecule has 0 saturated carbocycles. The topological polar surface area (TPSA) is 77.0 Å². The van der Waals surface area contributed by atoms with Crippen LogP contribution in [0.25, 0.3) is 0 Å². The van der Waals surface area contributed by atoms with Crippen LogP contribution in [0.2, 0.25) is 0 Å². The molecule has 0 atom stereocenters. The van der Waals surface area contributed by atoms with E-state index in [-0.39, 0.29) is 12.5 Å². The SMILES string of the molecule is CCCCN(CCCC)C(=O)Cn1cc(C(C)(C)N)nn1. The minimum absolute atomic E-state index is 0.100. The summed E-state index contributed by atoms with van der Waals surface area (Å²) < 4.78 is 1.58. The highest BCUT2D eigenvalue weighted by molar-refractivity contribution is 5.75. The van der Waals surface area contributed by atoms with Gasteiger partial charge < -0.3 is 10.6 Å². The Morgan fingerprint density at radius 1 is 1.29 bits per heavy atom. The second-order valence-corrected chi connectivity index (χ2v) is 6.11. The largest absolute Gasteiger partial charge is 0.341 e. The Morgan fingerprint density at radius 3 is 2.29 bits per heavy atom. The fourth-order valence-corrected chi connectivity index (χ4v) is 1.97. The standard InChI is InChI=1S/C15H29N5O/c1-5-7-9-19(10-8-6-2)14(21)12-20-11-13(17-18-20)15(3,4)16/h11H,5-10,12,16H2,1-4H3. The van der Waals surface area contributed by atoms with Gasteiger partial charge in [0.1, 0.15) is 12.2 Å². The normalized spacial score (nSPS) is 11.7. The van der Waals surface area contributed by atoms with Gasteiger partial charge in [0.25, 0.3) is 0 Å². The number of nitrogens with two attached hydrogens (primary N) is 1. The predicted octanol–water partition coefficient (Wildman–Crippen LogP) is 1.90. The first-order chi connectivity index (χ1) is 9.88. The highest BCUT2D eigenvalue weighted by Crippen LogP contribution is 2.12. The zero-order valence-electron chi connectivity index (χ0n) is 13.8. The van der Waals surface area contributed by atoms with Crippen LogP contribution in [-0.2, 0) is 16.9 Å². The summed E-state index contributed by atoms with van der Waals surface area (Å²) in [5, 5.41) is 8.05. The molecule has 1 amide bonds. The van der Waals surface area contributed by atoms with E-state index in [1.54, 1.807) is 10.9 Å². The molecule has 0 spiro atoms. The Kier molecular flexibility index (Phi) is 6.81. The molecule has 120 valence electrons. The van der Waals surface area contributed by atoms with Gasteiger partial charge in [0.2, 0.25) is 5.91 Å². The Hall–Kier alpha value is -1.43. The van der Waals surface area contributed by atoms with Crippen molar-refractivity contribution in [2.45, 2.75) is 65.5 Å². The van der Waals surface area contributed by atoms with Gasteiger partial charge in [-0.1, -0.05) is 31.9 Å². The van der Waals surface area contributed by atoms with Gasteiger partial charge in [-0.2, -0.15) is 0 Å². The van der Waals surface area contributed by atoms with Crippen LogP contribution in [0.4, 0.5) is 0 Å². The van der Waals surface area contributed by atoms with Crippen LogP contribution < -0.4 is 5.73 Å². The van der Waals surface area contributed by atoms with E-state index < -0.39 is 5.54 Å². The van der Waals surface area contributed by atoms with Crippen LogP contribution in [0.15, 0.2) is 6.20 Å². The molecular weight excluding hydrogens is 266 g/mol. The Morgan fingerprint density at radius 2 is 1.86 bits per heavy atom. The summed E-state index contributed by atoms with van der Waals surface area (Å²) in [6.45, 7) is 9.88. The molecule has 1 aromatic rings. The molecule has 2 N–H and O–H groups in total. The quantitative estimate of drug-likeness (QED) is 0.755. The molecule has 21 heavy (non-hydrogen) atoms. The van der Waals surface area contributed by atoms with Crippen LogP contribution in [-0.4, -0.2) is 38.9 Å². The number of aromatic nitrogens is 3. The molecule has 0 saturated heterocycles. The molecule has 0 unspecified atom stereocenters. The number of hydrogen-bond acceptors (Lipinski definition) is 4. The van der Waals surface area contributed by atoms with Crippen molar-refractivity contribution >= 4 is 5.91 Å². The van der Waals surface area contributed by atoms with Crippen molar-refractivity contribution in [1.29, 1.82) is 0 Å². The zero-order chi connectivity index (χ0) is 15.9. The molecule has 1 aromatic heterocycles. The van der Waals surface area contributed by atoms with Gasteiger partial charge in [-0.25, -0.2) is 4.68 Å². The van der Waals surface area contributed by atoms with Crippen molar-refractivity contribution in [1.82, 2.24) is 19.9 Å². The summed E-state index contributed by atoms with van der Waals surface area (Å²) in [5.41, 5.74) is 6.14. The molecular formula is C15H29N5O. The third-order valence-corrected chi connectivity index (χ3v) is 3.41. The van der Waals surface area contributed by atoms with E-state index in [9.17, 15) is 4.79 Å². The van der Waals surface area contributed by atoms with Crippen molar-refractivity contribution in [3.8, 4) is 0 Å². The monoisotopic (exact) mass is 295 g/mol. The number of nitrogens with zero attached hydrogens (tertiary/aromatic N) is 4. The van der Waals surface area contributed by atoms with Crippen molar-refractivity contribution in [3.05, 3.63) is 11.9 Å². The molecule has 0 aliphatic heterocycles. The Bertz CT molecular complexity index is 428. The summed E-state index contributed by atoms with van der Waals surface area (Å²) in [7, 11) is 0. The first kappa shape index (κ1) is 17.6. The predicted molar refractivity (Wildman–Crippen MR) is 83.6 cm³/mol. The molecule has 0 aromatic carbocycles. The van der Waals surface area contributed by atoms with Crippen LogP contribution in [0.1, 0.15) is 59.1 Å². The van der Waals surface area contributed by atoms with Crippen molar-refractivity contribution in [2.24, 2.45) is 5.73 Å². The molecule has 6 nitrogen and oxygen atoms in total. The van der Waals surface area contributed by atoms with E-state index in [2.05, 4.69) is 24.2 Å². The molecule has 6 heteroatoms. The maximum absolute atomic E-state index is 12.4. The van der Waals surface area contributed by atoms with Crippen molar-refractivity contribution in [3.63, 3.8) is 0 Å². The molecule has 0 aliphatic carbocycles. The average molecular weight is 295 g/mol. The smallest absolute Gasteiger partial charge is 0.244 e. The molecule has 0 aliphatic rings. The number of unbranched alkanes of at least 4 members (excludes halogenated alkanes) is 2. The van der Waals surface area contributed by atoms with Crippen LogP contribution in [0, 0.1) is 0 Å². The van der Waals surface area contributed by atoms with Gasteiger partial charge >= 0.3 is 0 Å². The number of carbonyl (C=O) groups excluding carboxylic acids is 1. The van der Waals surface area contributed by atoms with Gasteiger partial charge in [0.15, 0.2) is 0 Å². The minimum Gasteiger partial charge on any atom is -0.341 e. The van der Waals surface area contributed by atoms with Gasteiger partial charge in [-0.05, 0) is 26.7 Å². The third kappa shape index (κ3) is 5.83. The fourth-order valence-electron chi connectivity index (χ4n) is 1.97. The van der Waals surface area contributed by atoms with Gasteiger partial charge in [0.05, 0.1) is 11.7 Å². The Balaban J connectivity index is 2.65. The maximum atomic E-state index is 12.4. The minimum atomic E-state index is -0.536. The molecule has 0 fully saturated rings. The summed E-state index contributed by atoms with van der Waals surface area (Å²) in [6.07, 6.45) is 6.01. The van der Waals surface area contributed by atoms with E-state index >= 15 is 0 Å². The van der Waals surface area contributed by atoms with Crippen molar-refractivity contribution < 1.29 is 4.79 Å². The number of hydrogen-bond donors (Lipinski definition) is 1.